The van der Waals surface area contributed by atoms with E-state index in [1.807, 2.05) is 40.9 Å². The topological polar surface area (TPSA) is 46.3 Å². The molecule has 0 aliphatic carbocycles. The summed E-state index contributed by atoms with van der Waals surface area (Å²) >= 11 is 1.94. The molecule has 4 heteroatoms. The van der Waals surface area contributed by atoms with Gasteiger partial charge in [-0.1, -0.05) is 25.1 Å². The van der Waals surface area contributed by atoms with Gasteiger partial charge >= 0.3 is 0 Å². The zero-order valence-corrected chi connectivity index (χ0v) is 11.6. The summed E-state index contributed by atoms with van der Waals surface area (Å²) in [4.78, 5) is 14.1. The standard InChI is InChI=1S/C14H20N2OS/c1-11-10-16(8-9-18-11)14(17)7-6-12-4-2-3-5-13(12)15/h2-5,11H,6-10,15H2,1H3. The highest BCUT2D eigenvalue weighted by Crippen LogP contribution is 2.19. The third-order valence-electron chi connectivity index (χ3n) is 3.26. The third kappa shape index (κ3) is 3.42. The molecule has 1 aromatic carbocycles. The first-order valence-corrected chi connectivity index (χ1v) is 7.44. The molecule has 0 radical (unpaired) electrons. The number of benzene rings is 1. The van der Waals surface area contributed by atoms with Crippen LogP contribution in [0.4, 0.5) is 5.69 Å². The molecule has 1 aliphatic rings. The number of nitrogens with two attached hydrogens (primary N) is 1. The predicted octanol–water partition coefficient (Wildman–Crippen LogP) is 2.17. The maximum absolute atomic E-state index is 12.1. The lowest BCUT2D eigenvalue weighted by molar-refractivity contribution is -0.131. The van der Waals surface area contributed by atoms with Crippen molar-refractivity contribution in [2.75, 3.05) is 24.6 Å². The van der Waals surface area contributed by atoms with Crippen LogP contribution in [0.5, 0.6) is 0 Å². The van der Waals surface area contributed by atoms with E-state index in [4.69, 9.17) is 5.73 Å². The van der Waals surface area contributed by atoms with E-state index in [0.717, 1.165) is 36.5 Å². The molecule has 1 saturated heterocycles. The number of amides is 1. The van der Waals surface area contributed by atoms with Gasteiger partial charge in [-0.15, -0.1) is 0 Å². The number of nitrogens with zero attached hydrogens (tertiary/aromatic N) is 1. The van der Waals surface area contributed by atoms with Crippen LogP contribution < -0.4 is 5.73 Å². The summed E-state index contributed by atoms with van der Waals surface area (Å²) in [6, 6.07) is 7.77. The van der Waals surface area contributed by atoms with E-state index in [1.54, 1.807) is 0 Å². The van der Waals surface area contributed by atoms with Crippen LogP contribution in [0.25, 0.3) is 0 Å². The summed E-state index contributed by atoms with van der Waals surface area (Å²) in [5.41, 5.74) is 7.74. The average Bonchev–Trinajstić information content (AvgIpc) is 2.37. The lowest BCUT2D eigenvalue weighted by Crippen LogP contribution is -2.41. The molecule has 1 amide bonds. The molecule has 0 spiro atoms. The Morgan fingerprint density at radius 3 is 3.00 bits per heavy atom. The summed E-state index contributed by atoms with van der Waals surface area (Å²) in [5.74, 6) is 1.31. The zero-order valence-electron chi connectivity index (χ0n) is 10.8. The lowest BCUT2D eigenvalue weighted by atomic mass is 10.1. The Bertz CT molecular complexity index is 422. The van der Waals surface area contributed by atoms with Crippen molar-refractivity contribution in [3.63, 3.8) is 0 Å². The van der Waals surface area contributed by atoms with Crippen LogP contribution in [0.1, 0.15) is 18.9 Å². The van der Waals surface area contributed by atoms with E-state index in [1.165, 1.54) is 0 Å². The van der Waals surface area contributed by atoms with Crippen LogP contribution in [-0.4, -0.2) is 34.9 Å². The Morgan fingerprint density at radius 2 is 2.28 bits per heavy atom. The monoisotopic (exact) mass is 264 g/mol. The van der Waals surface area contributed by atoms with Gasteiger partial charge in [0.25, 0.3) is 0 Å². The number of nitrogen functional groups attached to an aromatic ring is 1. The number of para-hydroxylation sites is 1. The van der Waals surface area contributed by atoms with Gasteiger partial charge in [0, 0.05) is 36.2 Å². The first kappa shape index (κ1) is 13.3. The van der Waals surface area contributed by atoms with Crippen molar-refractivity contribution < 1.29 is 4.79 Å². The molecule has 0 aromatic heterocycles. The molecule has 1 aromatic rings. The van der Waals surface area contributed by atoms with E-state index < -0.39 is 0 Å². The summed E-state index contributed by atoms with van der Waals surface area (Å²) < 4.78 is 0. The number of carbonyl (C=O) groups is 1. The summed E-state index contributed by atoms with van der Waals surface area (Å²) in [5, 5.41) is 0.560. The van der Waals surface area contributed by atoms with Crippen molar-refractivity contribution in [3.8, 4) is 0 Å². The number of hydrogen-bond acceptors (Lipinski definition) is 3. The first-order valence-electron chi connectivity index (χ1n) is 6.39. The maximum Gasteiger partial charge on any atom is 0.222 e. The Kier molecular flexibility index (Phi) is 4.53. The van der Waals surface area contributed by atoms with Gasteiger partial charge < -0.3 is 10.6 Å². The van der Waals surface area contributed by atoms with E-state index in [9.17, 15) is 4.79 Å². The number of hydrogen-bond donors (Lipinski definition) is 1. The van der Waals surface area contributed by atoms with Crippen molar-refractivity contribution in [1.82, 2.24) is 4.90 Å². The average molecular weight is 264 g/mol. The molecule has 1 aliphatic heterocycles. The summed E-state index contributed by atoms with van der Waals surface area (Å²) in [7, 11) is 0. The van der Waals surface area contributed by atoms with E-state index >= 15 is 0 Å². The second-order valence-electron chi connectivity index (χ2n) is 4.72. The van der Waals surface area contributed by atoms with E-state index in [-0.39, 0.29) is 5.91 Å². The van der Waals surface area contributed by atoms with Crippen LogP contribution >= 0.6 is 11.8 Å². The van der Waals surface area contributed by atoms with Crippen LogP contribution in [0, 0.1) is 0 Å². The minimum Gasteiger partial charge on any atom is -0.399 e. The van der Waals surface area contributed by atoms with Crippen molar-refractivity contribution in [2.45, 2.75) is 25.0 Å². The van der Waals surface area contributed by atoms with Crippen LogP contribution in [0.3, 0.4) is 0 Å². The number of aryl methyl sites for hydroxylation is 1. The molecule has 1 fully saturated rings. The van der Waals surface area contributed by atoms with Gasteiger partial charge in [-0.3, -0.25) is 4.79 Å². The van der Waals surface area contributed by atoms with Gasteiger partial charge in [-0.25, -0.2) is 0 Å². The van der Waals surface area contributed by atoms with Crippen LogP contribution in [-0.2, 0) is 11.2 Å². The Hall–Kier alpha value is -1.16. The minimum atomic E-state index is 0.255. The number of thioether (sulfide) groups is 1. The fourth-order valence-electron chi connectivity index (χ4n) is 2.21. The highest BCUT2D eigenvalue weighted by Gasteiger charge is 2.20. The summed E-state index contributed by atoms with van der Waals surface area (Å²) in [6.07, 6.45) is 1.30. The second kappa shape index (κ2) is 6.14. The minimum absolute atomic E-state index is 0.255. The molecule has 98 valence electrons. The molecule has 18 heavy (non-hydrogen) atoms. The van der Waals surface area contributed by atoms with Crippen LogP contribution in [0.15, 0.2) is 24.3 Å². The lowest BCUT2D eigenvalue weighted by Gasteiger charge is -2.30. The first-order chi connectivity index (χ1) is 8.66. The number of anilines is 1. The second-order valence-corrected chi connectivity index (χ2v) is 6.27. The van der Waals surface area contributed by atoms with Gasteiger partial charge in [-0.05, 0) is 18.1 Å². The Morgan fingerprint density at radius 1 is 1.50 bits per heavy atom. The normalized spacial score (nSPS) is 19.8. The highest BCUT2D eigenvalue weighted by molar-refractivity contribution is 7.99. The smallest absolute Gasteiger partial charge is 0.222 e. The molecule has 1 heterocycles. The molecular weight excluding hydrogens is 244 g/mol. The predicted molar refractivity (Wildman–Crippen MR) is 77.7 cm³/mol. The molecule has 1 atom stereocenters. The van der Waals surface area contributed by atoms with Crippen molar-refractivity contribution in [2.24, 2.45) is 0 Å². The van der Waals surface area contributed by atoms with Crippen LogP contribution in [0.2, 0.25) is 0 Å². The number of rotatable bonds is 3. The van der Waals surface area contributed by atoms with Gasteiger partial charge in [0.05, 0.1) is 0 Å². The molecule has 2 rings (SSSR count). The highest BCUT2D eigenvalue weighted by atomic mass is 32.2. The fraction of sp³-hybridized carbons (Fsp3) is 0.500. The van der Waals surface area contributed by atoms with Crippen molar-refractivity contribution in [1.29, 1.82) is 0 Å². The quantitative estimate of drug-likeness (QED) is 0.851. The van der Waals surface area contributed by atoms with E-state index in [0.29, 0.717) is 11.7 Å². The summed E-state index contributed by atoms with van der Waals surface area (Å²) in [6.45, 7) is 3.95. The van der Waals surface area contributed by atoms with E-state index in [2.05, 4.69) is 6.92 Å². The number of carbonyl (C=O) groups excluding carboxylic acids is 1. The van der Waals surface area contributed by atoms with Crippen molar-refractivity contribution >= 4 is 23.4 Å². The Balaban J connectivity index is 1.86. The zero-order chi connectivity index (χ0) is 13.0. The largest absolute Gasteiger partial charge is 0.399 e. The Labute approximate surface area is 113 Å². The molecular formula is C14H20N2OS. The fourth-order valence-corrected chi connectivity index (χ4v) is 3.22. The molecule has 0 saturated carbocycles. The third-order valence-corrected chi connectivity index (χ3v) is 4.39. The molecule has 3 nitrogen and oxygen atoms in total. The van der Waals surface area contributed by atoms with Gasteiger partial charge in [0.2, 0.25) is 5.91 Å². The van der Waals surface area contributed by atoms with Gasteiger partial charge in [0.15, 0.2) is 0 Å². The van der Waals surface area contributed by atoms with Crippen molar-refractivity contribution in [3.05, 3.63) is 29.8 Å². The van der Waals surface area contributed by atoms with Gasteiger partial charge in [-0.2, -0.15) is 11.8 Å². The SMILES string of the molecule is CC1CN(C(=O)CCc2ccccc2N)CCS1. The molecule has 1 unspecified atom stereocenters. The molecule has 2 N–H and O–H groups in total. The van der Waals surface area contributed by atoms with Gasteiger partial charge in [0.1, 0.15) is 0 Å². The molecule has 0 bridgehead atoms. The maximum atomic E-state index is 12.1.